The van der Waals surface area contributed by atoms with Crippen LogP contribution >= 0.6 is 11.3 Å². The van der Waals surface area contributed by atoms with Gasteiger partial charge in [0.25, 0.3) is 0 Å². The molecule has 2 rings (SSSR count). The van der Waals surface area contributed by atoms with Crippen LogP contribution < -0.4 is 10.2 Å². The fraction of sp³-hybridized carbons (Fsp3) is 0.538. The molecule has 0 amide bonds. The summed E-state index contributed by atoms with van der Waals surface area (Å²) in [5.74, 6) is 1.58. The van der Waals surface area contributed by atoms with E-state index in [-0.39, 0.29) is 6.10 Å². The van der Waals surface area contributed by atoms with E-state index in [0.29, 0.717) is 5.95 Å². The first-order valence-electron chi connectivity index (χ1n) is 6.50. The lowest BCUT2D eigenvalue weighted by Gasteiger charge is -2.20. The number of thiophene rings is 1. The van der Waals surface area contributed by atoms with Gasteiger partial charge in [-0.05, 0) is 31.7 Å². The first-order chi connectivity index (χ1) is 9.11. The summed E-state index contributed by atoms with van der Waals surface area (Å²) in [5.41, 5.74) is 0. The second-order valence-electron chi connectivity index (χ2n) is 4.60. The molecule has 2 aromatic rings. The fourth-order valence-electron chi connectivity index (χ4n) is 1.85. The smallest absolute Gasteiger partial charge is 0.226 e. The Morgan fingerprint density at radius 3 is 2.95 bits per heavy atom. The van der Waals surface area contributed by atoms with E-state index in [9.17, 15) is 5.11 Å². The Morgan fingerprint density at radius 2 is 2.26 bits per heavy atom. The monoisotopic (exact) mass is 280 g/mol. The number of nitrogens with zero attached hydrogens (tertiary/aromatic N) is 3. The van der Waals surface area contributed by atoms with Crippen LogP contribution in [-0.2, 0) is 0 Å². The topological polar surface area (TPSA) is 61.3 Å². The van der Waals surface area contributed by atoms with E-state index in [1.807, 2.05) is 25.4 Å². The lowest BCUT2D eigenvalue weighted by atomic mass is 10.2. The maximum atomic E-state index is 9.39. The number of rotatable bonds is 6. The molecule has 1 unspecified atom stereocenters. The number of aromatic nitrogens is 2. The van der Waals surface area contributed by atoms with Gasteiger partial charge >= 0.3 is 0 Å². The summed E-state index contributed by atoms with van der Waals surface area (Å²) in [6, 6.07) is 2.05. The third-order valence-corrected chi connectivity index (χ3v) is 3.69. The van der Waals surface area contributed by atoms with Gasteiger partial charge in [-0.25, -0.2) is 4.98 Å². The van der Waals surface area contributed by atoms with E-state index in [0.717, 1.165) is 35.5 Å². The molecule has 0 fully saturated rings. The predicted octanol–water partition coefficient (Wildman–Crippen LogP) is 2.33. The number of hydrogen-bond donors (Lipinski definition) is 2. The first kappa shape index (κ1) is 14.0. The van der Waals surface area contributed by atoms with Gasteiger partial charge in [-0.1, -0.05) is 0 Å². The van der Waals surface area contributed by atoms with Crippen LogP contribution in [0.2, 0.25) is 0 Å². The van der Waals surface area contributed by atoms with Crippen LogP contribution in [0.1, 0.15) is 20.3 Å². The highest BCUT2D eigenvalue weighted by molar-refractivity contribution is 7.16. The molecule has 19 heavy (non-hydrogen) atoms. The zero-order valence-corrected chi connectivity index (χ0v) is 12.4. The summed E-state index contributed by atoms with van der Waals surface area (Å²) in [4.78, 5) is 12.1. The number of aliphatic hydroxyl groups excluding tert-OH is 1. The van der Waals surface area contributed by atoms with Crippen LogP contribution in [-0.4, -0.2) is 41.3 Å². The third kappa shape index (κ3) is 3.33. The second-order valence-corrected chi connectivity index (χ2v) is 5.49. The maximum Gasteiger partial charge on any atom is 0.226 e. The van der Waals surface area contributed by atoms with Gasteiger partial charge in [-0.2, -0.15) is 4.98 Å². The highest BCUT2D eigenvalue weighted by Gasteiger charge is 2.12. The lowest BCUT2D eigenvalue weighted by Crippen LogP contribution is -2.23. The Balaban J connectivity index is 2.31. The van der Waals surface area contributed by atoms with E-state index in [2.05, 4.69) is 20.2 Å². The molecule has 0 saturated heterocycles. The highest BCUT2D eigenvalue weighted by Crippen LogP contribution is 2.28. The Morgan fingerprint density at radius 1 is 1.47 bits per heavy atom. The number of hydrogen-bond acceptors (Lipinski definition) is 6. The van der Waals surface area contributed by atoms with Crippen LogP contribution in [0.25, 0.3) is 10.2 Å². The average molecular weight is 280 g/mol. The Labute approximate surface area is 117 Å². The molecule has 0 aliphatic heterocycles. The number of fused-ring (bicyclic) bond motifs is 1. The zero-order valence-electron chi connectivity index (χ0n) is 11.6. The van der Waals surface area contributed by atoms with Gasteiger partial charge in [0.05, 0.1) is 11.5 Å². The molecule has 1 atom stereocenters. The van der Waals surface area contributed by atoms with Crippen LogP contribution in [0.5, 0.6) is 0 Å². The number of anilines is 2. The molecule has 0 aliphatic rings. The van der Waals surface area contributed by atoms with Gasteiger partial charge in [0.1, 0.15) is 10.6 Å². The van der Waals surface area contributed by atoms with Crippen LogP contribution in [0.3, 0.4) is 0 Å². The minimum absolute atomic E-state index is 0.296. The minimum Gasteiger partial charge on any atom is -0.393 e. The van der Waals surface area contributed by atoms with Crippen molar-refractivity contribution in [2.24, 2.45) is 0 Å². The SMILES string of the molecule is CCNc1nc(N(C)CCC(C)O)c2ccsc2n1. The Hall–Kier alpha value is -1.40. The third-order valence-electron chi connectivity index (χ3n) is 2.88. The molecule has 2 N–H and O–H groups in total. The average Bonchev–Trinajstić information content (AvgIpc) is 2.83. The molecule has 0 spiro atoms. The van der Waals surface area contributed by atoms with Crippen molar-refractivity contribution in [3.63, 3.8) is 0 Å². The minimum atomic E-state index is -0.296. The van der Waals surface area contributed by atoms with Crippen molar-refractivity contribution in [1.29, 1.82) is 0 Å². The predicted molar refractivity (Wildman–Crippen MR) is 81.1 cm³/mol. The quantitative estimate of drug-likeness (QED) is 0.850. The molecule has 104 valence electrons. The van der Waals surface area contributed by atoms with E-state index in [4.69, 9.17) is 0 Å². The molecule has 0 bridgehead atoms. The molecule has 0 aromatic carbocycles. The second kappa shape index (κ2) is 6.16. The van der Waals surface area contributed by atoms with E-state index in [1.54, 1.807) is 18.3 Å². The van der Waals surface area contributed by atoms with E-state index >= 15 is 0 Å². The standard InChI is InChI=1S/C13H20N4OS/c1-4-14-13-15-11(17(3)7-5-9(2)18)10-6-8-19-12(10)16-13/h6,8-9,18H,4-5,7H2,1-3H3,(H,14,15,16). The summed E-state index contributed by atoms with van der Waals surface area (Å²) >= 11 is 1.62. The van der Waals surface area contributed by atoms with Crippen molar-refractivity contribution < 1.29 is 5.11 Å². The lowest BCUT2D eigenvalue weighted by molar-refractivity contribution is 0.187. The molecule has 5 nitrogen and oxygen atoms in total. The zero-order chi connectivity index (χ0) is 13.8. The van der Waals surface area contributed by atoms with Crippen LogP contribution in [0, 0.1) is 0 Å². The molecule has 0 aliphatic carbocycles. The molecule has 2 heterocycles. The van der Waals surface area contributed by atoms with Gasteiger partial charge in [0, 0.05) is 20.1 Å². The normalized spacial score (nSPS) is 12.6. The van der Waals surface area contributed by atoms with Crippen molar-refractivity contribution in [1.82, 2.24) is 9.97 Å². The highest BCUT2D eigenvalue weighted by atomic mass is 32.1. The fourth-order valence-corrected chi connectivity index (χ4v) is 2.61. The summed E-state index contributed by atoms with van der Waals surface area (Å²) in [7, 11) is 2.00. The summed E-state index contributed by atoms with van der Waals surface area (Å²) in [6.45, 7) is 5.40. The van der Waals surface area contributed by atoms with Gasteiger partial charge in [-0.3, -0.25) is 0 Å². The summed E-state index contributed by atoms with van der Waals surface area (Å²) in [5, 5.41) is 15.6. The van der Waals surface area contributed by atoms with Crippen LogP contribution in [0.15, 0.2) is 11.4 Å². The molecule has 6 heteroatoms. The van der Waals surface area contributed by atoms with E-state index < -0.39 is 0 Å². The number of aliphatic hydroxyl groups is 1. The first-order valence-corrected chi connectivity index (χ1v) is 7.38. The largest absolute Gasteiger partial charge is 0.393 e. The molecule has 0 radical (unpaired) electrons. The van der Waals surface area contributed by atoms with Crippen molar-refractivity contribution in [3.8, 4) is 0 Å². The van der Waals surface area contributed by atoms with Gasteiger partial charge < -0.3 is 15.3 Å². The van der Waals surface area contributed by atoms with Crippen molar-refractivity contribution >= 4 is 33.3 Å². The van der Waals surface area contributed by atoms with Crippen LogP contribution in [0.4, 0.5) is 11.8 Å². The molecule has 2 aromatic heterocycles. The maximum absolute atomic E-state index is 9.39. The Kier molecular flexibility index (Phi) is 4.55. The molecular formula is C13H20N4OS. The van der Waals surface area contributed by atoms with Crippen molar-refractivity contribution in [3.05, 3.63) is 11.4 Å². The van der Waals surface area contributed by atoms with Gasteiger partial charge in [0.2, 0.25) is 5.95 Å². The van der Waals surface area contributed by atoms with Crippen molar-refractivity contribution in [2.75, 3.05) is 30.4 Å². The van der Waals surface area contributed by atoms with Gasteiger partial charge in [0.15, 0.2) is 0 Å². The van der Waals surface area contributed by atoms with E-state index in [1.165, 1.54) is 0 Å². The molecular weight excluding hydrogens is 260 g/mol. The summed E-state index contributed by atoms with van der Waals surface area (Å²) in [6.07, 6.45) is 0.429. The van der Waals surface area contributed by atoms with Gasteiger partial charge in [-0.15, -0.1) is 11.3 Å². The number of nitrogens with one attached hydrogen (secondary N) is 1. The summed E-state index contributed by atoms with van der Waals surface area (Å²) < 4.78 is 0. The Bertz CT molecular complexity index is 540. The molecule has 0 saturated carbocycles. The van der Waals surface area contributed by atoms with Crippen molar-refractivity contribution in [2.45, 2.75) is 26.4 Å².